The molecule has 0 saturated carbocycles. The number of aromatic amines is 1. The van der Waals surface area contributed by atoms with E-state index in [2.05, 4.69) is 27.7 Å². The van der Waals surface area contributed by atoms with E-state index in [4.69, 9.17) is 0 Å². The van der Waals surface area contributed by atoms with Gasteiger partial charge >= 0.3 is 0 Å². The Kier molecular flexibility index (Phi) is 2.22. The molecule has 1 N–H and O–H groups in total. The van der Waals surface area contributed by atoms with Crippen molar-refractivity contribution in [3.05, 3.63) is 50.5 Å². The molecule has 1 aromatic carbocycles. The van der Waals surface area contributed by atoms with Gasteiger partial charge in [-0.05, 0) is 34.7 Å². The van der Waals surface area contributed by atoms with Crippen LogP contribution >= 0.6 is 22.6 Å². The molecular weight excluding hydrogens is 279 g/mol. The van der Waals surface area contributed by atoms with E-state index in [9.17, 15) is 4.79 Å². The van der Waals surface area contributed by atoms with Crippen molar-refractivity contribution in [3.63, 3.8) is 0 Å². The Balaban J connectivity index is 2.59. The van der Waals surface area contributed by atoms with Gasteiger partial charge < -0.3 is 0 Å². The van der Waals surface area contributed by atoms with E-state index < -0.39 is 0 Å². The zero-order chi connectivity index (χ0) is 9.26. The average molecular weight is 286 g/mol. The molecule has 0 spiro atoms. The minimum atomic E-state index is -0.0757. The van der Waals surface area contributed by atoms with Crippen LogP contribution in [0.2, 0.25) is 0 Å². The summed E-state index contributed by atoms with van der Waals surface area (Å²) in [7, 11) is 0. The SMILES string of the molecule is O=c1cc(I)n(-c2ccccc2)[nH]1. The lowest BCUT2D eigenvalue weighted by Crippen LogP contribution is -2.03. The van der Waals surface area contributed by atoms with Crippen molar-refractivity contribution in [2.24, 2.45) is 0 Å². The Hall–Kier alpha value is -1.04. The van der Waals surface area contributed by atoms with Crippen molar-refractivity contribution in [2.75, 3.05) is 0 Å². The molecule has 0 atom stereocenters. The normalized spacial score (nSPS) is 10.2. The highest BCUT2D eigenvalue weighted by molar-refractivity contribution is 14.1. The first-order valence-corrected chi connectivity index (χ1v) is 4.88. The van der Waals surface area contributed by atoms with Crippen molar-refractivity contribution in [1.29, 1.82) is 0 Å². The molecular formula is C9H7IN2O. The van der Waals surface area contributed by atoms with Crippen LogP contribution in [0.5, 0.6) is 0 Å². The summed E-state index contributed by atoms with van der Waals surface area (Å²) in [5.41, 5.74) is 0.891. The Labute approximate surface area is 88.5 Å². The molecule has 66 valence electrons. The van der Waals surface area contributed by atoms with Gasteiger partial charge in [-0.15, -0.1) is 0 Å². The van der Waals surface area contributed by atoms with E-state index in [-0.39, 0.29) is 5.56 Å². The zero-order valence-electron chi connectivity index (χ0n) is 6.70. The molecule has 3 nitrogen and oxygen atoms in total. The topological polar surface area (TPSA) is 37.8 Å². The summed E-state index contributed by atoms with van der Waals surface area (Å²) in [6, 6.07) is 11.3. The van der Waals surface area contributed by atoms with Gasteiger partial charge in [0.1, 0.15) is 3.70 Å². The van der Waals surface area contributed by atoms with Crippen molar-refractivity contribution in [2.45, 2.75) is 0 Å². The minimum Gasteiger partial charge on any atom is -0.268 e. The highest BCUT2D eigenvalue weighted by Crippen LogP contribution is 2.09. The predicted molar refractivity (Wildman–Crippen MR) is 59.1 cm³/mol. The van der Waals surface area contributed by atoms with Crippen molar-refractivity contribution >= 4 is 22.6 Å². The lowest BCUT2D eigenvalue weighted by atomic mass is 10.3. The molecule has 0 aliphatic carbocycles. The first kappa shape index (κ1) is 8.55. The number of rotatable bonds is 1. The van der Waals surface area contributed by atoms with Gasteiger partial charge in [-0.25, -0.2) is 4.68 Å². The lowest BCUT2D eigenvalue weighted by molar-refractivity contribution is 0.844. The van der Waals surface area contributed by atoms with Crippen LogP contribution in [0, 0.1) is 3.70 Å². The Bertz CT molecular complexity index is 458. The second-order valence-corrected chi connectivity index (χ2v) is 3.72. The molecule has 4 heteroatoms. The Morgan fingerprint density at radius 3 is 2.46 bits per heavy atom. The van der Waals surface area contributed by atoms with Crippen LogP contribution in [0.3, 0.4) is 0 Å². The number of hydrogen-bond acceptors (Lipinski definition) is 1. The summed E-state index contributed by atoms with van der Waals surface area (Å²) in [5, 5.41) is 2.71. The smallest absolute Gasteiger partial charge is 0.265 e. The molecule has 0 amide bonds. The highest BCUT2D eigenvalue weighted by Gasteiger charge is 2.01. The van der Waals surface area contributed by atoms with E-state index in [1.807, 2.05) is 30.3 Å². The summed E-state index contributed by atoms with van der Waals surface area (Å²) in [4.78, 5) is 11.0. The van der Waals surface area contributed by atoms with Gasteiger partial charge in [0.25, 0.3) is 5.56 Å². The predicted octanol–water partition coefficient (Wildman–Crippen LogP) is 1.77. The van der Waals surface area contributed by atoms with E-state index in [1.54, 1.807) is 10.7 Å². The van der Waals surface area contributed by atoms with Crippen LogP contribution in [0.15, 0.2) is 41.2 Å². The summed E-state index contributed by atoms with van der Waals surface area (Å²) in [5.74, 6) is 0. The molecule has 0 aliphatic heterocycles. The first-order chi connectivity index (χ1) is 6.27. The third kappa shape index (κ3) is 1.67. The first-order valence-electron chi connectivity index (χ1n) is 3.80. The van der Waals surface area contributed by atoms with Gasteiger partial charge in [-0.3, -0.25) is 9.89 Å². The molecule has 0 aliphatic rings. The van der Waals surface area contributed by atoms with E-state index in [1.165, 1.54) is 0 Å². The standard InChI is InChI=1S/C9H7IN2O/c10-8-6-9(13)11-12(8)7-4-2-1-3-5-7/h1-6H,(H,11,13). The summed E-state index contributed by atoms with van der Waals surface area (Å²) < 4.78 is 2.64. The summed E-state index contributed by atoms with van der Waals surface area (Å²) >= 11 is 2.12. The van der Waals surface area contributed by atoms with Crippen LogP contribution in [0.1, 0.15) is 0 Å². The number of hydrogen-bond donors (Lipinski definition) is 1. The number of benzene rings is 1. The zero-order valence-corrected chi connectivity index (χ0v) is 8.86. The summed E-state index contributed by atoms with van der Waals surface area (Å²) in [6.07, 6.45) is 0. The quantitative estimate of drug-likeness (QED) is 0.797. The molecule has 2 rings (SSSR count). The fraction of sp³-hybridized carbons (Fsp3) is 0. The molecule has 2 aromatic rings. The number of aromatic nitrogens is 2. The number of halogens is 1. The number of H-pyrrole nitrogens is 1. The monoisotopic (exact) mass is 286 g/mol. The van der Waals surface area contributed by atoms with Gasteiger partial charge in [-0.2, -0.15) is 0 Å². The molecule has 1 heterocycles. The Morgan fingerprint density at radius 1 is 1.23 bits per heavy atom. The van der Waals surface area contributed by atoms with Crippen LogP contribution in [0.25, 0.3) is 5.69 Å². The largest absolute Gasteiger partial charge is 0.268 e. The van der Waals surface area contributed by atoms with Crippen LogP contribution in [0.4, 0.5) is 0 Å². The minimum absolute atomic E-state index is 0.0757. The molecule has 13 heavy (non-hydrogen) atoms. The lowest BCUT2D eigenvalue weighted by Gasteiger charge is -2.02. The van der Waals surface area contributed by atoms with Crippen LogP contribution in [-0.2, 0) is 0 Å². The van der Waals surface area contributed by atoms with E-state index >= 15 is 0 Å². The number of nitrogens with zero attached hydrogens (tertiary/aromatic N) is 1. The maximum atomic E-state index is 11.0. The molecule has 0 radical (unpaired) electrons. The van der Waals surface area contributed by atoms with Crippen molar-refractivity contribution < 1.29 is 0 Å². The van der Waals surface area contributed by atoms with Crippen LogP contribution < -0.4 is 5.56 Å². The maximum Gasteiger partial charge on any atom is 0.265 e. The third-order valence-electron chi connectivity index (χ3n) is 1.70. The fourth-order valence-corrected chi connectivity index (χ4v) is 1.82. The summed E-state index contributed by atoms with van der Waals surface area (Å²) in [6.45, 7) is 0. The third-order valence-corrected chi connectivity index (χ3v) is 2.49. The van der Waals surface area contributed by atoms with Gasteiger partial charge in [0.2, 0.25) is 0 Å². The number of nitrogens with one attached hydrogen (secondary N) is 1. The maximum absolute atomic E-state index is 11.0. The van der Waals surface area contributed by atoms with Gasteiger partial charge in [0.15, 0.2) is 0 Å². The van der Waals surface area contributed by atoms with Crippen molar-refractivity contribution in [1.82, 2.24) is 9.78 Å². The molecule has 0 unspecified atom stereocenters. The fourth-order valence-electron chi connectivity index (χ4n) is 1.13. The van der Waals surface area contributed by atoms with E-state index in [0.717, 1.165) is 9.39 Å². The highest BCUT2D eigenvalue weighted by atomic mass is 127. The van der Waals surface area contributed by atoms with Gasteiger partial charge in [0, 0.05) is 6.07 Å². The average Bonchev–Trinajstić information content (AvgIpc) is 2.47. The van der Waals surface area contributed by atoms with Gasteiger partial charge in [-0.1, -0.05) is 18.2 Å². The van der Waals surface area contributed by atoms with E-state index in [0.29, 0.717) is 0 Å². The molecule has 0 fully saturated rings. The molecule has 1 aromatic heterocycles. The Morgan fingerprint density at radius 2 is 1.92 bits per heavy atom. The molecule has 0 bridgehead atoms. The van der Waals surface area contributed by atoms with Crippen molar-refractivity contribution in [3.8, 4) is 5.69 Å². The molecule has 0 saturated heterocycles. The second kappa shape index (κ2) is 3.37. The van der Waals surface area contributed by atoms with Gasteiger partial charge in [0.05, 0.1) is 5.69 Å². The van der Waals surface area contributed by atoms with Crippen LogP contribution in [-0.4, -0.2) is 9.78 Å². The number of para-hydroxylation sites is 1. The second-order valence-electron chi connectivity index (χ2n) is 2.61.